The number of hydrogen-bond donors (Lipinski definition) is 1. The summed E-state index contributed by atoms with van der Waals surface area (Å²) in [7, 11) is 3.84. The maximum absolute atomic E-state index is 12.9. The van der Waals surface area contributed by atoms with Gasteiger partial charge in [0.1, 0.15) is 0 Å². The zero-order valence-corrected chi connectivity index (χ0v) is 17.1. The molecule has 1 saturated carbocycles. The summed E-state index contributed by atoms with van der Waals surface area (Å²) in [6.45, 7) is 5.25. The van der Waals surface area contributed by atoms with Gasteiger partial charge in [-0.2, -0.15) is 0 Å². The summed E-state index contributed by atoms with van der Waals surface area (Å²) in [5.74, 6) is 0.294. The standard InChI is InChI=1S/C23H29N3O2/c1-5-26(6-2)23(28)20-14-17(12-13-21(20)25(3)4)24-22(27)19-15-18(19)16-10-8-7-9-11-16/h7-14,18-19H,5-6,15H2,1-4H3,(H,24,27). The number of amides is 2. The first kappa shape index (κ1) is 19.9. The van der Waals surface area contributed by atoms with Crippen LogP contribution in [0.25, 0.3) is 0 Å². The zero-order valence-electron chi connectivity index (χ0n) is 17.1. The summed E-state index contributed by atoms with van der Waals surface area (Å²) in [4.78, 5) is 29.3. The Balaban J connectivity index is 1.77. The second-order valence-electron chi connectivity index (χ2n) is 7.45. The molecule has 1 N–H and O–H groups in total. The lowest BCUT2D eigenvalue weighted by molar-refractivity contribution is -0.117. The van der Waals surface area contributed by atoms with E-state index in [0.717, 1.165) is 12.1 Å². The van der Waals surface area contributed by atoms with Gasteiger partial charge in [-0.05, 0) is 49.9 Å². The van der Waals surface area contributed by atoms with E-state index in [2.05, 4.69) is 17.4 Å². The smallest absolute Gasteiger partial charge is 0.256 e. The average molecular weight is 380 g/mol. The normalized spacial score (nSPS) is 17.7. The van der Waals surface area contributed by atoms with Crippen LogP contribution in [0.4, 0.5) is 11.4 Å². The van der Waals surface area contributed by atoms with Gasteiger partial charge in [-0.25, -0.2) is 0 Å². The summed E-state index contributed by atoms with van der Waals surface area (Å²) >= 11 is 0. The maximum Gasteiger partial charge on any atom is 0.256 e. The average Bonchev–Trinajstić information content (AvgIpc) is 3.50. The molecule has 3 rings (SSSR count). The Labute approximate surface area is 167 Å². The molecule has 0 aliphatic heterocycles. The number of anilines is 2. The number of carbonyl (C=O) groups is 2. The van der Waals surface area contributed by atoms with Crippen molar-refractivity contribution < 1.29 is 9.59 Å². The van der Waals surface area contributed by atoms with Crippen molar-refractivity contribution in [3.63, 3.8) is 0 Å². The Hall–Kier alpha value is -2.82. The minimum atomic E-state index is -0.0154. The van der Waals surface area contributed by atoms with E-state index in [1.807, 2.05) is 63.2 Å². The third-order valence-corrected chi connectivity index (χ3v) is 5.38. The van der Waals surface area contributed by atoms with Gasteiger partial charge in [-0.15, -0.1) is 0 Å². The highest BCUT2D eigenvalue weighted by molar-refractivity contribution is 6.02. The number of nitrogens with one attached hydrogen (secondary N) is 1. The van der Waals surface area contributed by atoms with E-state index in [9.17, 15) is 9.59 Å². The van der Waals surface area contributed by atoms with Gasteiger partial charge in [0.15, 0.2) is 0 Å². The van der Waals surface area contributed by atoms with Crippen LogP contribution in [-0.4, -0.2) is 43.9 Å². The number of rotatable bonds is 7. The fourth-order valence-electron chi connectivity index (χ4n) is 3.64. The van der Waals surface area contributed by atoms with E-state index in [-0.39, 0.29) is 17.7 Å². The second kappa shape index (κ2) is 8.46. The van der Waals surface area contributed by atoms with Crippen LogP contribution in [-0.2, 0) is 4.79 Å². The number of benzene rings is 2. The lowest BCUT2D eigenvalue weighted by Gasteiger charge is -2.23. The van der Waals surface area contributed by atoms with Crippen molar-refractivity contribution in [1.82, 2.24) is 4.90 Å². The number of carbonyl (C=O) groups excluding carboxylic acids is 2. The molecular formula is C23H29N3O2. The van der Waals surface area contributed by atoms with Crippen LogP contribution in [0.2, 0.25) is 0 Å². The van der Waals surface area contributed by atoms with Crippen LogP contribution in [0.1, 0.15) is 42.1 Å². The maximum atomic E-state index is 12.9. The molecule has 1 fully saturated rings. The molecule has 0 heterocycles. The lowest BCUT2D eigenvalue weighted by atomic mass is 10.1. The van der Waals surface area contributed by atoms with E-state index in [1.165, 1.54) is 5.56 Å². The zero-order chi connectivity index (χ0) is 20.3. The lowest BCUT2D eigenvalue weighted by Crippen LogP contribution is -2.31. The van der Waals surface area contributed by atoms with Gasteiger partial charge in [-0.3, -0.25) is 9.59 Å². The molecule has 1 aliphatic rings. The summed E-state index contributed by atoms with van der Waals surface area (Å²) in [6, 6.07) is 15.7. The SMILES string of the molecule is CCN(CC)C(=O)c1cc(NC(=O)C2CC2c2ccccc2)ccc1N(C)C. The molecule has 0 aromatic heterocycles. The predicted octanol–water partition coefficient (Wildman–Crippen LogP) is 3.98. The third-order valence-electron chi connectivity index (χ3n) is 5.38. The Morgan fingerprint density at radius 3 is 2.32 bits per heavy atom. The minimum absolute atomic E-state index is 0.00198. The first-order valence-corrected chi connectivity index (χ1v) is 9.92. The predicted molar refractivity (Wildman–Crippen MR) is 114 cm³/mol. The van der Waals surface area contributed by atoms with Gasteiger partial charge in [0.2, 0.25) is 5.91 Å². The van der Waals surface area contributed by atoms with Gasteiger partial charge in [0.05, 0.1) is 5.56 Å². The van der Waals surface area contributed by atoms with Crippen molar-refractivity contribution in [2.45, 2.75) is 26.2 Å². The summed E-state index contributed by atoms with van der Waals surface area (Å²) in [5.41, 5.74) is 3.35. The van der Waals surface area contributed by atoms with Crippen LogP contribution in [0.5, 0.6) is 0 Å². The van der Waals surface area contributed by atoms with E-state index >= 15 is 0 Å². The minimum Gasteiger partial charge on any atom is -0.377 e. The third kappa shape index (κ3) is 4.19. The highest BCUT2D eigenvalue weighted by Gasteiger charge is 2.43. The van der Waals surface area contributed by atoms with E-state index in [4.69, 9.17) is 0 Å². The molecule has 148 valence electrons. The Morgan fingerprint density at radius 1 is 1.04 bits per heavy atom. The van der Waals surface area contributed by atoms with E-state index < -0.39 is 0 Å². The van der Waals surface area contributed by atoms with Crippen molar-refractivity contribution in [2.75, 3.05) is 37.4 Å². The monoisotopic (exact) mass is 379 g/mol. The molecule has 0 saturated heterocycles. The fourth-order valence-corrected chi connectivity index (χ4v) is 3.64. The molecule has 1 aliphatic carbocycles. The van der Waals surface area contributed by atoms with Gasteiger partial charge >= 0.3 is 0 Å². The highest BCUT2D eigenvalue weighted by atomic mass is 16.2. The summed E-state index contributed by atoms with van der Waals surface area (Å²) in [6.07, 6.45) is 0.872. The van der Waals surface area contributed by atoms with E-state index in [1.54, 1.807) is 11.0 Å². The molecule has 0 bridgehead atoms. The first-order valence-electron chi connectivity index (χ1n) is 9.92. The van der Waals surface area contributed by atoms with E-state index in [0.29, 0.717) is 30.3 Å². The van der Waals surface area contributed by atoms with Crippen molar-refractivity contribution in [2.24, 2.45) is 5.92 Å². The Kier molecular flexibility index (Phi) is 6.02. The van der Waals surface area contributed by atoms with Gasteiger partial charge < -0.3 is 15.1 Å². The van der Waals surface area contributed by atoms with Crippen LogP contribution in [0.15, 0.2) is 48.5 Å². The Bertz CT molecular complexity index is 844. The molecular weight excluding hydrogens is 350 g/mol. The molecule has 2 unspecified atom stereocenters. The number of nitrogens with zero attached hydrogens (tertiary/aromatic N) is 2. The molecule has 28 heavy (non-hydrogen) atoms. The first-order chi connectivity index (χ1) is 13.5. The van der Waals surface area contributed by atoms with Crippen molar-refractivity contribution >= 4 is 23.2 Å². The number of hydrogen-bond acceptors (Lipinski definition) is 3. The summed E-state index contributed by atoms with van der Waals surface area (Å²) < 4.78 is 0. The van der Waals surface area contributed by atoms with Crippen molar-refractivity contribution in [1.29, 1.82) is 0 Å². The van der Waals surface area contributed by atoms with Crippen LogP contribution >= 0.6 is 0 Å². The highest BCUT2D eigenvalue weighted by Crippen LogP contribution is 2.47. The molecule has 5 heteroatoms. The van der Waals surface area contributed by atoms with Gasteiger partial charge in [0.25, 0.3) is 5.91 Å². The molecule has 2 amide bonds. The Morgan fingerprint density at radius 2 is 1.71 bits per heavy atom. The second-order valence-corrected chi connectivity index (χ2v) is 7.45. The molecule has 2 aromatic carbocycles. The molecule has 2 aromatic rings. The van der Waals surface area contributed by atoms with Crippen molar-refractivity contribution in [3.05, 3.63) is 59.7 Å². The topological polar surface area (TPSA) is 52.7 Å². The molecule has 0 spiro atoms. The van der Waals surface area contributed by atoms with Crippen LogP contribution in [0, 0.1) is 5.92 Å². The molecule has 5 nitrogen and oxygen atoms in total. The van der Waals surface area contributed by atoms with Gasteiger partial charge in [0, 0.05) is 44.5 Å². The van der Waals surface area contributed by atoms with Crippen LogP contribution in [0.3, 0.4) is 0 Å². The quantitative estimate of drug-likeness (QED) is 0.792. The summed E-state index contributed by atoms with van der Waals surface area (Å²) in [5, 5.41) is 3.01. The van der Waals surface area contributed by atoms with Crippen molar-refractivity contribution in [3.8, 4) is 0 Å². The van der Waals surface area contributed by atoms with Crippen LogP contribution < -0.4 is 10.2 Å². The molecule has 0 radical (unpaired) electrons. The molecule has 2 atom stereocenters. The van der Waals surface area contributed by atoms with Gasteiger partial charge in [-0.1, -0.05) is 30.3 Å². The fraction of sp³-hybridized carbons (Fsp3) is 0.391. The largest absolute Gasteiger partial charge is 0.377 e.